The maximum atomic E-state index is 10.9. The number of ether oxygens (including phenoxy) is 1. The van der Waals surface area contributed by atoms with Crippen LogP contribution in [0.25, 0.3) is 0 Å². The molecule has 1 fully saturated rings. The highest BCUT2D eigenvalue weighted by molar-refractivity contribution is 5.81. The standard InChI is InChI=1S/C10H14O7/c1-2-7(13)17-8-5(11)3-10(16,9(14)15)4-6(8)12/h2,5-6,8,11-12,16H,1,3-4H2,(H,14,15)/t5-,6-,8?,10?/m1/s1. The lowest BCUT2D eigenvalue weighted by atomic mass is 9.79. The lowest BCUT2D eigenvalue weighted by Gasteiger charge is -2.39. The van der Waals surface area contributed by atoms with Crippen LogP contribution < -0.4 is 0 Å². The fourth-order valence-corrected chi connectivity index (χ4v) is 1.78. The third-order valence-electron chi connectivity index (χ3n) is 2.67. The van der Waals surface area contributed by atoms with Crippen LogP contribution in [-0.2, 0) is 14.3 Å². The first-order valence-electron chi connectivity index (χ1n) is 4.95. The highest BCUT2D eigenvalue weighted by atomic mass is 16.6. The summed E-state index contributed by atoms with van der Waals surface area (Å²) in [5.74, 6) is -2.38. The van der Waals surface area contributed by atoms with Gasteiger partial charge in [0.1, 0.15) is 0 Å². The van der Waals surface area contributed by atoms with E-state index >= 15 is 0 Å². The third kappa shape index (κ3) is 2.82. The van der Waals surface area contributed by atoms with Gasteiger partial charge in [-0.1, -0.05) is 6.58 Å². The van der Waals surface area contributed by atoms with Crippen LogP contribution in [-0.4, -0.2) is 56.3 Å². The molecule has 0 unspecified atom stereocenters. The summed E-state index contributed by atoms with van der Waals surface area (Å²) in [5.41, 5.74) is -2.21. The minimum absolute atomic E-state index is 0.519. The van der Waals surface area contributed by atoms with Crippen molar-refractivity contribution in [3.63, 3.8) is 0 Å². The molecule has 0 aromatic rings. The molecule has 0 saturated heterocycles. The van der Waals surface area contributed by atoms with E-state index in [4.69, 9.17) is 5.11 Å². The SMILES string of the molecule is C=CC(=O)OC1[C@H](O)CC(O)(C(=O)O)C[C@H]1O. The average Bonchev–Trinajstić information content (AvgIpc) is 2.22. The second-order valence-electron chi connectivity index (χ2n) is 3.99. The van der Waals surface area contributed by atoms with Crippen molar-refractivity contribution in [1.82, 2.24) is 0 Å². The van der Waals surface area contributed by atoms with Gasteiger partial charge in [0.25, 0.3) is 0 Å². The number of aliphatic hydroxyl groups excluding tert-OH is 2. The molecule has 0 aromatic heterocycles. The quantitative estimate of drug-likeness (QED) is 0.349. The van der Waals surface area contributed by atoms with Crippen molar-refractivity contribution in [3.8, 4) is 0 Å². The number of esters is 1. The Balaban J connectivity index is 2.78. The van der Waals surface area contributed by atoms with Gasteiger partial charge in [-0.25, -0.2) is 9.59 Å². The molecule has 17 heavy (non-hydrogen) atoms. The first-order chi connectivity index (χ1) is 7.80. The molecule has 1 aliphatic carbocycles. The fraction of sp³-hybridized carbons (Fsp3) is 0.600. The highest BCUT2D eigenvalue weighted by Crippen LogP contribution is 2.31. The van der Waals surface area contributed by atoms with Gasteiger partial charge in [0.15, 0.2) is 11.7 Å². The van der Waals surface area contributed by atoms with Crippen molar-refractivity contribution >= 4 is 11.9 Å². The maximum Gasteiger partial charge on any atom is 0.335 e. The average molecular weight is 246 g/mol. The van der Waals surface area contributed by atoms with E-state index in [0.29, 0.717) is 0 Å². The topological polar surface area (TPSA) is 124 Å². The maximum absolute atomic E-state index is 10.9. The molecule has 0 heterocycles. The van der Waals surface area contributed by atoms with Crippen molar-refractivity contribution in [2.24, 2.45) is 0 Å². The molecule has 1 saturated carbocycles. The summed E-state index contributed by atoms with van der Waals surface area (Å²) in [6, 6.07) is 0. The van der Waals surface area contributed by atoms with Crippen molar-refractivity contribution in [1.29, 1.82) is 0 Å². The molecule has 0 aromatic carbocycles. The van der Waals surface area contributed by atoms with Crippen molar-refractivity contribution in [2.45, 2.75) is 36.8 Å². The van der Waals surface area contributed by atoms with Gasteiger partial charge < -0.3 is 25.2 Å². The van der Waals surface area contributed by atoms with Crippen LogP contribution in [0, 0.1) is 0 Å². The number of carboxylic acid groups (broad SMARTS) is 1. The minimum atomic E-state index is -2.21. The van der Waals surface area contributed by atoms with Gasteiger partial charge >= 0.3 is 11.9 Å². The van der Waals surface area contributed by atoms with Crippen molar-refractivity contribution in [3.05, 3.63) is 12.7 Å². The number of carbonyl (C=O) groups excluding carboxylic acids is 1. The lowest BCUT2D eigenvalue weighted by molar-refractivity contribution is -0.196. The molecular formula is C10H14O7. The first kappa shape index (κ1) is 13.6. The summed E-state index contributed by atoms with van der Waals surface area (Å²) in [6.45, 7) is 3.15. The predicted molar refractivity (Wildman–Crippen MR) is 53.9 cm³/mol. The molecule has 7 heteroatoms. The number of hydrogen-bond donors (Lipinski definition) is 4. The van der Waals surface area contributed by atoms with Gasteiger partial charge in [-0.2, -0.15) is 0 Å². The van der Waals surface area contributed by atoms with E-state index in [1.165, 1.54) is 0 Å². The molecular weight excluding hydrogens is 232 g/mol. The predicted octanol–water partition coefficient (Wildman–Crippen LogP) is -1.58. The molecule has 1 rings (SSSR count). The zero-order valence-corrected chi connectivity index (χ0v) is 8.94. The monoisotopic (exact) mass is 246 g/mol. The summed E-state index contributed by atoms with van der Waals surface area (Å²) in [6.07, 6.45) is -4.35. The van der Waals surface area contributed by atoms with Gasteiger partial charge in [0.05, 0.1) is 12.2 Å². The zero-order valence-electron chi connectivity index (χ0n) is 8.94. The summed E-state index contributed by atoms with van der Waals surface area (Å²) >= 11 is 0. The van der Waals surface area contributed by atoms with E-state index < -0.39 is 48.7 Å². The second-order valence-corrected chi connectivity index (χ2v) is 3.99. The van der Waals surface area contributed by atoms with Crippen LogP contribution in [0.4, 0.5) is 0 Å². The van der Waals surface area contributed by atoms with Gasteiger partial charge in [-0.3, -0.25) is 0 Å². The van der Waals surface area contributed by atoms with E-state index in [1.807, 2.05) is 0 Å². The smallest absolute Gasteiger partial charge is 0.335 e. The number of aliphatic carboxylic acids is 1. The van der Waals surface area contributed by atoms with Gasteiger partial charge in [-0.05, 0) is 0 Å². The Bertz CT molecular complexity index is 326. The number of carboxylic acids is 1. The first-order valence-corrected chi connectivity index (χ1v) is 4.95. The summed E-state index contributed by atoms with van der Waals surface area (Å²) < 4.78 is 4.68. The number of hydrogen-bond acceptors (Lipinski definition) is 6. The van der Waals surface area contributed by atoms with E-state index in [1.54, 1.807) is 0 Å². The van der Waals surface area contributed by atoms with Crippen LogP contribution in [0.1, 0.15) is 12.8 Å². The van der Waals surface area contributed by atoms with E-state index in [-0.39, 0.29) is 0 Å². The van der Waals surface area contributed by atoms with Gasteiger partial charge in [-0.15, -0.1) is 0 Å². The molecule has 7 nitrogen and oxygen atoms in total. The lowest BCUT2D eigenvalue weighted by Crippen LogP contribution is -2.57. The highest BCUT2D eigenvalue weighted by Gasteiger charge is 2.50. The Morgan fingerprint density at radius 1 is 1.29 bits per heavy atom. The Kier molecular flexibility index (Phi) is 3.87. The van der Waals surface area contributed by atoms with Gasteiger partial charge in [0, 0.05) is 18.9 Å². The zero-order chi connectivity index (χ0) is 13.2. The van der Waals surface area contributed by atoms with Gasteiger partial charge in [0.2, 0.25) is 0 Å². The van der Waals surface area contributed by atoms with Crippen LogP contribution in [0.15, 0.2) is 12.7 Å². The Hall–Kier alpha value is -1.44. The molecule has 0 spiro atoms. The van der Waals surface area contributed by atoms with E-state index in [9.17, 15) is 24.9 Å². The van der Waals surface area contributed by atoms with E-state index in [2.05, 4.69) is 11.3 Å². The molecule has 1 aliphatic rings. The number of aliphatic hydroxyl groups is 3. The fourth-order valence-electron chi connectivity index (χ4n) is 1.78. The van der Waals surface area contributed by atoms with Crippen LogP contribution >= 0.6 is 0 Å². The molecule has 2 atom stereocenters. The molecule has 0 aliphatic heterocycles. The van der Waals surface area contributed by atoms with Crippen molar-refractivity contribution < 1.29 is 34.8 Å². The molecule has 0 bridgehead atoms. The largest absolute Gasteiger partial charge is 0.479 e. The minimum Gasteiger partial charge on any atom is -0.479 e. The summed E-state index contributed by atoms with van der Waals surface area (Å²) in [5, 5.41) is 37.5. The molecule has 96 valence electrons. The van der Waals surface area contributed by atoms with E-state index in [0.717, 1.165) is 6.08 Å². The van der Waals surface area contributed by atoms with Crippen molar-refractivity contribution in [2.75, 3.05) is 0 Å². The van der Waals surface area contributed by atoms with Crippen LogP contribution in [0.2, 0.25) is 0 Å². The summed E-state index contributed by atoms with van der Waals surface area (Å²) in [7, 11) is 0. The Morgan fingerprint density at radius 3 is 2.12 bits per heavy atom. The Labute approximate surface area is 96.9 Å². The number of carbonyl (C=O) groups is 2. The molecule has 0 radical (unpaired) electrons. The van der Waals surface area contributed by atoms with Crippen LogP contribution in [0.5, 0.6) is 0 Å². The Morgan fingerprint density at radius 2 is 1.76 bits per heavy atom. The molecule has 4 N–H and O–H groups in total. The second kappa shape index (κ2) is 4.82. The molecule has 0 amide bonds. The number of rotatable bonds is 3. The normalized spacial score (nSPS) is 37.2. The van der Waals surface area contributed by atoms with Crippen LogP contribution in [0.3, 0.4) is 0 Å². The summed E-state index contributed by atoms with van der Waals surface area (Å²) in [4.78, 5) is 21.7. The third-order valence-corrected chi connectivity index (χ3v) is 2.67.